The summed E-state index contributed by atoms with van der Waals surface area (Å²) in [4.78, 5) is 0. The molecule has 4 heteroatoms. The standard InChI is InChI=1S/C15H20N2O2/c1-10-4-6-12(7-5-10)14-8-13(16-17-14)9-15(18)11(2)19-3/h4-8,11,15,18H,9H2,1-3H3,(H,16,17). The number of hydrogen-bond donors (Lipinski definition) is 2. The highest BCUT2D eigenvalue weighted by Crippen LogP contribution is 2.19. The van der Waals surface area contributed by atoms with E-state index in [1.165, 1.54) is 5.56 Å². The molecule has 1 heterocycles. The van der Waals surface area contributed by atoms with Crippen LogP contribution in [0.3, 0.4) is 0 Å². The molecule has 0 bridgehead atoms. The van der Waals surface area contributed by atoms with Crippen LogP contribution in [0.2, 0.25) is 0 Å². The van der Waals surface area contributed by atoms with Crippen molar-refractivity contribution in [1.29, 1.82) is 0 Å². The summed E-state index contributed by atoms with van der Waals surface area (Å²) in [6.07, 6.45) is -0.212. The third-order valence-corrected chi connectivity index (χ3v) is 3.32. The molecule has 0 fully saturated rings. The lowest BCUT2D eigenvalue weighted by Gasteiger charge is -2.15. The van der Waals surface area contributed by atoms with Gasteiger partial charge in [-0.25, -0.2) is 0 Å². The van der Waals surface area contributed by atoms with Crippen molar-refractivity contribution in [3.8, 4) is 11.3 Å². The van der Waals surface area contributed by atoms with Crippen molar-refractivity contribution in [3.63, 3.8) is 0 Å². The van der Waals surface area contributed by atoms with Gasteiger partial charge in [-0.15, -0.1) is 0 Å². The number of nitrogens with zero attached hydrogens (tertiary/aromatic N) is 1. The molecule has 2 aromatic rings. The Morgan fingerprint density at radius 1 is 1.32 bits per heavy atom. The predicted octanol–water partition coefficient (Wildman–Crippen LogP) is 2.32. The Morgan fingerprint density at radius 3 is 2.63 bits per heavy atom. The minimum Gasteiger partial charge on any atom is -0.390 e. The normalized spacial score (nSPS) is 14.3. The van der Waals surface area contributed by atoms with Crippen LogP contribution in [0, 0.1) is 6.92 Å². The summed E-state index contributed by atoms with van der Waals surface area (Å²) in [5.41, 5.74) is 4.10. The minimum absolute atomic E-state index is 0.189. The molecule has 1 aromatic heterocycles. The number of H-pyrrole nitrogens is 1. The van der Waals surface area contributed by atoms with Crippen molar-refractivity contribution in [2.24, 2.45) is 0 Å². The van der Waals surface area contributed by atoms with Gasteiger partial charge in [-0.1, -0.05) is 29.8 Å². The Labute approximate surface area is 113 Å². The van der Waals surface area contributed by atoms with Gasteiger partial charge >= 0.3 is 0 Å². The number of ether oxygens (including phenoxy) is 1. The van der Waals surface area contributed by atoms with Gasteiger partial charge in [0.15, 0.2) is 0 Å². The first-order chi connectivity index (χ1) is 9.10. The van der Waals surface area contributed by atoms with Gasteiger partial charge in [-0.2, -0.15) is 5.10 Å². The van der Waals surface area contributed by atoms with Crippen LogP contribution in [0.15, 0.2) is 30.3 Å². The summed E-state index contributed by atoms with van der Waals surface area (Å²) in [5, 5.41) is 17.2. The Hall–Kier alpha value is -1.65. The second-order valence-corrected chi connectivity index (χ2v) is 4.86. The van der Waals surface area contributed by atoms with Gasteiger partial charge in [-0.3, -0.25) is 5.10 Å². The summed E-state index contributed by atoms with van der Waals surface area (Å²) in [5.74, 6) is 0. The molecule has 0 spiro atoms. The highest BCUT2D eigenvalue weighted by atomic mass is 16.5. The zero-order chi connectivity index (χ0) is 13.8. The van der Waals surface area contributed by atoms with Gasteiger partial charge in [0.25, 0.3) is 0 Å². The number of aliphatic hydroxyl groups is 1. The Kier molecular flexibility index (Phi) is 4.35. The molecule has 102 valence electrons. The molecule has 0 aliphatic heterocycles. The first-order valence-electron chi connectivity index (χ1n) is 6.42. The maximum absolute atomic E-state index is 9.91. The van der Waals surface area contributed by atoms with Crippen LogP contribution < -0.4 is 0 Å². The van der Waals surface area contributed by atoms with Crippen LogP contribution in [-0.4, -0.2) is 34.6 Å². The largest absolute Gasteiger partial charge is 0.390 e. The third kappa shape index (κ3) is 3.43. The SMILES string of the molecule is COC(C)C(O)Cc1cc(-c2ccc(C)cc2)n[nH]1. The number of methoxy groups -OCH3 is 1. The summed E-state index contributed by atoms with van der Waals surface area (Å²) in [6.45, 7) is 3.91. The van der Waals surface area contributed by atoms with Crippen LogP contribution in [0.25, 0.3) is 11.3 Å². The van der Waals surface area contributed by atoms with E-state index in [4.69, 9.17) is 4.74 Å². The van der Waals surface area contributed by atoms with Crippen LogP contribution >= 0.6 is 0 Å². The molecular weight excluding hydrogens is 240 g/mol. The van der Waals surface area contributed by atoms with Crippen molar-refractivity contribution < 1.29 is 9.84 Å². The maximum Gasteiger partial charge on any atom is 0.0923 e. The van der Waals surface area contributed by atoms with Gasteiger partial charge in [0.1, 0.15) is 0 Å². The third-order valence-electron chi connectivity index (χ3n) is 3.32. The van der Waals surface area contributed by atoms with Gasteiger partial charge in [-0.05, 0) is 19.9 Å². The highest BCUT2D eigenvalue weighted by Gasteiger charge is 2.15. The number of aryl methyl sites for hydroxylation is 1. The molecule has 1 aromatic carbocycles. The lowest BCUT2D eigenvalue weighted by atomic mass is 10.1. The number of aliphatic hydroxyl groups excluding tert-OH is 1. The number of benzene rings is 1. The molecule has 0 aliphatic carbocycles. The smallest absolute Gasteiger partial charge is 0.0923 e. The summed E-state index contributed by atoms with van der Waals surface area (Å²) < 4.78 is 5.10. The van der Waals surface area contributed by atoms with E-state index in [0.717, 1.165) is 17.0 Å². The quantitative estimate of drug-likeness (QED) is 0.867. The minimum atomic E-state index is -0.531. The van der Waals surface area contributed by atoms with Crippen LogP contribution in [0.5, 0.6) is 0 Å². The fourth-order valence-electron chi connectivity index (χ4n) is 1.89. The fourth-order valence-corrected chi connectivity index (χ4v) is 1.89. The summed E-state index contributed by atoms with van der Waals surface area (Å²) in [7, 11) is 1.60. The van der Waals surface area contributed by atoms with Crippen LogP contribution in [0.4, 0.5) is 0 Å². The number of rotatable bonds is 5. The second kappa shape index (κ2) is 5.99. The number of aromatic amines is 1. The van der Waals surface area contributed by atoms with E-state index < -0.39 is 6.10 Å². The van der Waals surface area contributed by atoms with Gasteiger partial charge in [0, 0.05) is 24.8 Å². The van der Waals surface area contributed by atoms with Gasteiger partial charge < -0.3 is 9.84 Å². The molecule has 0 amide bonds. The van der Waals surface area contributed by atoms with E-state index in [0.29, 0.717) is 6.42 Å². The average Bonchev–Trinajstić information content (AvgIpc) is 2.87. The van der Waals surface area contributed by atoms with Crippen molar-refractivity contribution >= 4 is 0 Å². The molecule has 0 saturated carbocycles. The van der Waals surface area contributed by atoms with E-state index >= 15 is 0 Å². The van der Waals surface area contributed by atoms with Crippen molar-refractivity contribution in [2.75, 3.05) is 7.11 Å². The first kappa shape index (κ1) is 13.8. The molecule has 0 radical (unpaired) electrons. The topological polar surface area (TPSA) is 58.1 Å². The van der Waals surface area contributed by atoms with E-state index in [2.05, 4.69) is 29.3 Å². The molecule has 2 atom stereocenters. The molecule has 2 N–H and O–H groups in total. The Bertz CT molecular complexity index is 519. The van der Waals surface area contributed by atoms with E-state index in [1.807, 2.05) is 25.1 Å². The average molecular weight is 260 g/mol. The maximum atomic E-state index is 9.91. The molecule has 4 nitrogen and oxygen atoms in total. The Balaban J connectivity index is 2.09. The number of aromatic nitrogens is 2. The lowest BCUT2D eigenvalue weighted by molar-refractivity contribution is -0.0000465. The number of nitrogens with one attached hydrogen (secondary N) is 1. The zero-order valence-corrected chi connectivity index (χ0v) is 11.6. The van der Waals surface area contributed by atoms with E-state index in [1.54, 1.807) is 7.11 Å². The molecule has 19 heavy (non-hydrogen) atoms. The first-order valence-corrected chi connectivity index (χ1v) is 6.42. The van der Waals surface area contributed by atoms with Crippen LogP contribution in [0.1, 0.15) is 18.2 Å². The van der Waals surface area contributed by atoms with Gasteiger partial charge in [0.2, 0.25) is 0 Å². The molecule has 0 saturated heterocycles. The highest BCUT2D eigenvalue weighted by molar-refractivity contribution is 5.59. The monoisotopic (exact) mass is 260 g/mol. The zero-order valence-electron chi connectivity index (χ0n) is 11.6. The molecular formula is C15H20N2O2. The summed E-state index contributed by atoms with van der Waals surface area (Å²) in [6, 6.07) is 10.2. The number of hydrogen-bond acceptors (Lipinski definition) is 3. The molecule has 0 aliphatic rings. The molecule has 2 unspecified atom stereocenters. The predicted molar refractivity (Wildman–Crippen MR) is 74.9 cm³/mol. The van der Waals surface area contributed by atoms with Crippen molar-refractivity contribution in [2.45, 2.75) is 32.5 Å². The Morgan fingerprint density at radius 2 is 2.00 bits per heavy atom. The summed E-state index contributed by atoms with van der Waals surface area (Å²) >= 11 is 0. The van der Waals surface area contributed by atoms with Crippen molar-refractivity contribution in [3.05, 3.63) is 41.6 Å². The molecule has 2 rings (SSSR count). The van der Waals surface area contributed by atoms with E-state index in [9.17, 15) is 5.11 Å². The fraction of sp³-hybridized carbons (Fsp3) is 0.400. The van der Waals surface area contributed by atoms with Crippen LogP contribution in [-0.2, 0) is 11.2 Å². The van der Waals surface area contributed by atoms with E-state index in [-0.39, 0.29) is 6.10 Å². The van der Waals surface area contributed by atoms with Crippen molar-refractivity contribution in [1.82, 2.24) is 10.2 Å². The van der Waals surface area contributed by atoms with Gasteiger partial charge in [0.05, 0.1) is 17.9 Å². The second-order valence-electron chi connectivity index (χ2n) is 4.86. The lowest BCUT2D eigenvalue weighted by Crippen LogP contribution is -2.27.